The highest BCUT2D eigenvalue weighted by Crippen LogP contribution is 2.24. The second-order valence-electron chi connectivity index (χ2n) is 4.86. The molecule has 0 spiro atoms. The third kappa shape index (κ3) is 3.17. The van der Waals surface area contributed by atoms with E-state index < -0.39 is 0 Å². The second kappa shape index (κ2) is 5.02. The van der Waals surface area contributed by atoms with E-state index in [0.29, 0.717) is 6.54 Å². The van der Waals surface area contributed by atoms with Crippen molar-refractivity contribution in [1.29, 1.82) is 0 Å². The van der Waals surface area contributed by atoms with E-state index in [1.165, 1.54) is 6.07 Å². The summed E-state index contributed by atoms with van der Waals surface area (Å²) in [6.07, 6.45) is 2.20. The van der Waals surface area contributed by atoms with Gasteiger partial charge in [0, 0.05) is 19.7 Å². The van der Waals surface area contributed by atoms with Gasteiger partial charge in [-0.1, -0.05) is 6.07 Å². The third-order valence-electron chi connectivity index (χ3n) is 3.19. The van der Waals surface area contributed by atoms with Gasteiger partial charge >= 0.3 is 0 Å². The standard InChI is InChI=1S/C13H19FN2O/c1-13(5-2-6-17-13)9-16-8-10-3-4-12(15)11(14)7-10/h3-4,7,16H,2,5-6,8-9,15H2,1H3. The third-order valence-corrected chi connectivity index (χ3v) is 3.19. The summed E-state index contributed by atoms with van der Waals surface area (Å²) in [5.41, 5.74) is 6.45. The molecule has 3 N–H and O–H groups in total. The van der Waals surface area contributed by atoms with Crippen molar-refractivity contribution < 1.29 is 9.13 Å². The van der Waals surface area contributed by atoms with Gasteiger partial charge in [-0.2, -0.15) is 0 Å². The summed E-state index contributed by atoms with van der Waals surface area (Å²) in [5, 5.41) is 3.30. The van der Waals surface area contributed by atoms with Crippen LogP contribution in [0.1, 0.15) is 25.3 Å². The lowest BCUT2D eigenvalue weighted by atomic mass is 10.0. The molecule has 0 aliphatic carbocycles. The molecular weight excluding hydrogens is 219 g/mol. The van der Waals surface area contributed by atoms with Gasteiger partial charge in [0.2, 0.25) is 0 Å². The Hall–Kier alpha value is -1.13. The number of rotatable bonds is 4. The Balaban J connectivity index is 1.83. The molecule has 3 nitrogen and oxygen atoms in total. The number of hydrogen-bond donors (Lipinski definition) is 2. The quantitative estimate of drug-likeness (QED) is 0.789. The normalized spacial score (nSPS) is 24.1. The molecule has 1 aromatic carbocycles. The molecule has 0 radical (unpaired) electrons. The van der Waals surface area contributed by atoms with Gasteiger partial charge in [-0.05, 0) is 37.5 Å². The minimum absolute atomic E-state index is 0.0631. The van der Waals surface area contributed by atoms with E-state index in [-0.39, 0.29) is 17.1 Å². The lowest BCUT2D eigenvalue weighted by Gasteiger charge is -2.23. The monoisotopic (exact) mass is 238 g/mol. The zero-order valence-electron chi connectivity index (χ0n) is 10.1. The van der Waals surface area contributed by atoms with Crippen molar-refractivity contribution in [2.75, 3.05) is 18.9 Å². The highest BCUT2D eigenvalue weighted by Gasteiger charge is 2.28. The van der Waals surface area contributed by atoms with E-state index in [2.05, 4.69) is 12.2 Å². The van der Waals surface area contributed by atoms with Crippen molar-refractivity contribution in [3.63, 3.8) is 0 Å². The molecule has 2 rings (SSSR count). The van der Waals surface area contributed by atoms with Crippen LogP contribution in [-0.2, 0) is 11.3 Å². The van der Waals surface area contributed by atoms with E-state index in [1.807, 2.05) is 6.07 Å². The minimum Gasteiger partial charge on any atom is -0.396 e. The topological polar surface area (TPSA) is 47.3 Å². The van der Waals surface area contributed by atoms with Gasteiger partial charge in [-0.3, -0.25) is 0 Å². The molecule has 94 valence electrons. The summed E-state index contributed by atoms with van der Waals surface area (Å²) in [6.45, 7) is 4.38. The summed E-state index contributed by atoms with van der Waals surface area (Å²) in [7, 11) is 0. The van der Waals surface area contributed by atoms with Crippen LogP contribution in [0.3, 0.4) is 0 Å². The largest absolute Gasteiger partial charge is 0.396 e. The van der Waals surface area contributed by atoms with E-state index in [9.17, 15) is 4.39 Å². The van der Waals surface area contributed by atoms with Crippen LogP contribution in [0.2, 0.25) is 0 Å². The number of nitrogens with two attached hydrogens (primary N) is 1. The molecule has 1 aliphatic rings. The molecule has 4 heteroatoms. The van der Waals surface area contributed by atoms with Crippen molar-refractivity contribution in [2.24, 2.45) is 0 Å². The van der Waals surface area contributed by atoms with E-state index in [0.717, 1.165) is 31.6 Å². The maximum Gasteiger partial charge on any atom is 0.146 e. The van der Waals surface area contributed by atoms with Crippen molar-refractivity contribution in [1.82, 2.24) is 5.32 Å². The van der Waals surface area contributed by atoms with E-state index >= 15 is 0 Å². The van der Waals surface area contributed by atoms with Crippen molar-refractivity contribution in [2.45, 2.75) is 31.9 Å². The lowest BCUT2D eigenvalue weighted by Crippen LogP contribution is -2.36. The first-order chi connectivity index (χ1) is 8.09. The fourth-order valence-electron chi connectivity index (χ4n) is 2.13. The predicted octanol–water partition coefficient (Wildman–Crippen LogP) is 2.07. The predicted molar refractivity (Wildman–Crippen MR) is 66.1 cm³/mol. The summed E-state index contributed by atoms with van der Waals surface area (Å²) in [4.78, 5) is 0. The average molecular weight is 238 g/mol. The van der Waals surface area contributed by atoms with E-state index in [4.69, 9.17) is 10.5 Å². The number of benzene rings is 1. The maximum atomic E-state index is 13.2. The first kappa shape index (κ1) is 12.3. The first-order valence-electron chi connectivity index (χ1n) is 5.98. The Morgan fingerprint density at radius 3 is 3.00 bits per heavy atom. The zero-order chi connectivity index (χ0) is 12.3. The van der Waals surface area contributed by atoms with E-state index in [1.54, 1.807) is 6.07 Å². The summed E-state index contributed by atoms with van der Waals surface area (Å²) in [5.74, 6) is -0.354. The lowest BCUT2D eigenvalue weighted by molar-refractivity contribution is 0.0207. The first-order valence-corrected chi connectivity index (χ1v) is 5.98. The van der Waals surface area contributed by atoms with Crippen molar-refractivity contribution in [3.05, 3.63) is 29.6 Å². The number of anilines is 1. The zero-order valence-corrected chi connectivity index (χ0v) is 10.1. The smallest absolute Gasteiger partial charge is 0.146 e. The van der Waals surface area contributed by atoms with Gasteiger partial charge in [0.05, 0.1) is 11.3 Å². The minimum atomic E-state index is -0.354. The van der Waals surface area contributed by atoms with Crippen LogP contribution in [0.4, 0.5) is 10.1 Å². The highest BCUT2D eigenvalue weighted by atomic mass is 19.1. The Morgan fingerprint density at radius 2 is 2.35 bits per heavy atom. The molecule has 1 aromatic rings. The summed E-state index contributed by atoms with van der Waals surface area (Å²) in [6, 6.07) is 4.91. The van der Waals surface area contributed by atoms with Gasteiger partial charge in [-0.15, -0.1) is 0 Å². The summed E-state index contributed by atoms with van der Waals surface area (Å²) < 4.78 is 18.9. The molecule has 1 atom stereocenters. The fraction of sp³-hybridized carbons (Fsp3) is 0.538. The van der Waals surface area contributed by atoms with Crippen LogP contribution < -0.4 is 11.1 Å². The van der Waals surface area contributed by atoms with Crippen LogP contribution in [0.25, 0.3) is 0 Å². The maximum absolute atomic E-state index is 13.2. The van der Waals surface area contributed by atoms with Crippen molar-refractivity contribution in [3.8, 4) is 0 Å². The Kier molecular flexibility index (Phi) is 3.64. The summed E-state index contributed by atoms with van der Waals surface area (Å²) >= 11 is 0. The number of halogens is 1. The van der Waals surface area contributed by atoms with Crippen LogP contribution in [0.15, 0.2) is 18.2 Å². The number of hydrogen-bond acceptors (Lipinski definition) is 3. The Morgan fingerprint density at radius 1 is 1.53 bits per heavy atom. The molecular formula is C13H19FN2O. The second-order valence-corrected chi connectivity index (χ2v) is 4.86. The van der Waals surface area contributed by atoms with Crippen LogP contribution >= 0.6 is 0 Å². The van der Waals surface area contributed by atoms with Crippen LogP contribution in [0.5, 0.6) is 0 Å². The Bertz CT molecular complexity index is 389. The average Bonchev–Trinajstić information content (AvgIpc) is 2.71. The molecule has 1 aliphatic heterocycles. The highest BCUT2D eigenvalue weighted by molar-refractivity contribution is 5.41. The van der Waals surface area contributed by atoms with Gasteiger partial charge in [0.1, 0.15) is 5.82 Å². The number of nitrogen functional groups attached to an aromatic ring is 1. The number of ether oxygens (including phenoxy) is 1. The molecule has 1 saturated heterocycles. The molecule has 17 heavy (non-hydrogen) atoms. The van der Waals surface area contributed by atoms with Gasteiger partial charge in [0.15, 0.2) is 0 Å². The number of nitrogens with one attached hydrogen (secondary N) is 1. The molecule has 1 unspecified atom stereocenters. The van der Waals surface area contributed by atoms with Crippen LogP contribution in [-0.4, -0.2) is 18.8 Å². The molecule has 0 bridgehead atoms. The molecule has 0 saturated carbocycles. The van der Waals surface area contributed by atoms with Crippen LogP contribution in [0, 0.1) is 5.82 Å². The SMILES string of the molecule is CC1(CNCc2ccc(N)c(F)c2)CCCO1. The Labute approximate surface area is 101 Å². The fourth-order valence-corrected chi connectivity index (χ4v) is 2.13. The van der Waals surface area contributed by atoms with Gasteiger partial charge in [0.25, 0.3) is 0 Å². The molecule has 1 fully saturated rings. The molecule has 0 aromatic heterocycles. The van der Waals surface area contributed by atoms with Gasteiger partial charge < -0.3 is 15.8 Å². The van der Waals surface area contributed by atoms with Crippen molar-refractivity contribution >= 4 is 5.69 Å². The van der Waals surface area contributed by atoms with Gasteiger partial charge in [-0.25, -0.2) is 4.39 Å². The molecule has 0 amide bonds. The molecule has 1 heterocycles.